The van der Waals surface area contributed by atoms with E-state index < -0.39 is 0 Å². The van der Waals surface area contributed by atoms with Crippen LogP contribution in [-0.2, 0) is 0 Å². The van der Waals surface area contributed by atoms with Gasteiger partial charge >= 0.3 is 0 Å². The summed E-state index contributed by atoms with van der Waals surface area (Å²) in [5.74, 6) is 0. The van der Waals surface area contributed by atoms with E-state index in [4.69, 9.17) is 10.1 Å². The highest BCUT2D eigenvalue weighted by molar-refractivity contribution is 4.35. The minimum absolute atomic E-state index is 1.25. The second-order valence-corrected chi connectivity index (χ2v) is 2.14. The smallest absolute Gasteiger partial charge is 0.152 e. The molecule has 3 heteroatoms. The highest BCUT2D eigenvalue weighted by Gasteiger charge is 1.80. The predicted molar refractivity (Wildman–Crippen MR) is 42.0 cm³/mol. The van der Waals surface area contributed by atoms with E-state index in [0.29, 0.717) is 0 Å². The van der Waals surface area contributed by atoms with Gasteiger partial charge in [0.05, 0.1) is 0 Å². The lowest BCUT2D eigenvalue weighted by atomic mass is 10.2. The standard InChI is InChI=1S/C7H16.HNO2/c1-3-5-7-6-4-2;2-1-3/h3-7H2,1-2H3;(H,2,3). The zero-order valence-electron chi connectivity index (χ0n) is 6.84. The Morgan fingerprint density at radius 3 is 1.60 bits per heavy atom. The Morgan fingerprint density at radius 2 is 1.40 bits per heavy atom. The molecule has 0 aromatic carbocycles. The number of unbranched alkanes of at least 4 members (excludes halogenated alkanes) is 4. The molecule has 1 N–H and O–H groups in total. The maximum absolute atomic E-state index is 8.11. The van der Waals surface area contributed by atoms with Crippen LogP contribution < -0.4 is 0 Å². The van der Waals surface area contributed by atoms with Crippen LogP contribution in [0.2, 0.25) is 0 Å². The van der Waals surface area contributed by atoms with E-state index in [0.717, 1.165) is 0 Å². The first-order chi connectivity index (χ1) is 4.83. The average Bonchev–Trinajstić information content (AvgIpc) is 1.91. The molecule has 62 valence electrons. The molecule has 0 spiro atoms. The Morgan fingerprint density at radius 1 is 1.10 bits per heavy atom. The van der Waals surface area contributed by atoms with Gasteiger partial charge < -0.3 is 5.21 Å². The number of hydrogen-bond donors (Lipinski definition) is 1. The minimum atomic E-state index is 1.25. The van der Waals surface area contributed by atoms with Crippen LogP contribution in [0.15, 0.2) is 5.34 Å². The van der Waals surface area contributed by atoms with Gasteiger partial charge in [0, 0.05) is 0 Å². The van der Waals surface area contributed by atoms with Crippen molar-refractivity contribution in [3.8, 4) is 0 Å². The summed E-state index contributed by atoms with van der Waals surface area (Å²) in [6.07, 6.45) is 7.01. The maximum atomic E-state index is 8.11. The first kappa shape index (κ1) is 12.1. The Hall–Kier alpha value is -0.600. The van der Waals surface area contributed by atoms with Crippen molar-refractivity contribution >= 4 is 0 Å². The molecule has 0 radical (unpaired) electrons. The van der Waals surface area contributed by atoms with Crippen LogP contribution in [0.1, 0.15) is 46.0 Å². The van der Waals surface area contributed by atoms with Gasteiger partial charge in [0.2, 0.25) is 0 Å². The van der Waals surface area contributed by atoms with Gasteiger partial charge in [-0.25, -0.2) is 0 Å². The summed E-state index contributed by atoms with van der Waals surface area (Å²) in [5, 5.41) is 7.89. The Balaban J connectivity index is 0. The molecule has 0 rings (SSSR count). The van der Waals surface area contributed by atoms with Gasteiger partial charge in [-0.15, -0.1) is 4.91 Å². The topological polar surface area (TPSA) is 49.7 Å². The third kappa shape index (κ3) is 26.2. The van der Waals surface area contributed by atoms with Crippen molar-refractivity contribution in [1.82, 2.24) is 0 Å². The lowest BCUT2D eigenvalue weighted by Crippen LogP contribution is -1.70. The van der Waals surface area contributed by atoms with Crippen molar-refractivity contribution in [2.75, 3.05) is 0 Å². The second-order valence-electron chi connectivity index (χ2n) is 2.14. The molecule has 0 aliphatic heterocycles. The van der Waals surface area contributed by atoms with E-state index >= 15 is 0 Å². The third-order valence-corrected chi connectivity index (χ3v) is 1.21. The molecule has 0 saturated heterocycles. The van der Waals surface area contributed by atoms with Crippen LogP contribution in [-0.4, -0.2) is 5.21 Å². The molecular formula is C7H17NO2. The van der Waals surface area contributed by atoms with E-state index in [1.165, 1.54) is 37.4 Å². The molecule has 0 fully saturated rings. The lowest BCUT2D eigenvalue weighted by molar-refractivity contribution is 0.312. The van der Waals surface area contributed by atoms with Crippen molar-refractivity contribution in [1.29, 1.82) is 0 Å². The minimum Gasteiger partial charge on any atom is -0.379 e. The van der Waals surface area contributed by atoms with Crippen LogP contribution in [0.3, 0.4) is 0 Å². The van der Waals surface area contributed by atoms with Gasteiger partial charge in [-0.2, -0.15) is 0 Å². The second kappa shape index (κ2) is 15.8. The summed E-state index contributed by atoms with van der Waals surface area (Å²) in [5.41, 5.74) is 0. The molecule has 0 unspecified atom stereocenters. The summed E-state index contributed by atoms with van der Waals surface area (Å²) in [6, 6.07) is 0. The molecule has 0 heterocycles. The fourth-order valence-electron chi connectivity index (χ4n) is 0.677. The van der Waals surface area contributed by atoms with Crippen LogP contribution in [0.25, 0.3) is 0 Å². The molecule has 0 atom stereocenters. The van der Waals surface area contributed by atoms with Crippen LogP contribution in [0.4, 0.5) is 0 Å². The molecule has 0 aromatic heterocycles. The maximum Gasteiger partial charge on any atom is 0.152 e. The first-order valence-corrected chi connectivity index (χ1v) is 3.80. The molecule has 0 amide bonds. The van der Waals surface area contributed by atoms with E-state index in [1.54, 1.807) is 0 Å². The predicted octanol–water partition coefficient (Wildman–Crippen LogP) is 3.12. The van der Waals surface area contributed by atoms with E-state index in [1.807, 2.05) is 0 Å². The van der Waals surface area contributed by atoms with Crippen molar-refractivity contribution < 1.29 is 5.21 Å². The quantitative estimate of drug-likeness (QED) is 0.377. The summed E-state index contributed by atoms with van der Waals surface area (Å²) >= 11 is 0. The fourth-order valence-corrected chi connectivity index (χ4v) is 0.677. The first-order valence-electron chi connectivity index (χ1n) is 3.80. The third-order valence-electron chi connectivity index (χ3n) is 1.21. The van der Waals surface area contributed by atoms with Crippen molar-refractivity contribution in [2.24, 2.45) is 5.34 Å². The summed E-state index contributed by atoms with van der Waals surface area (Å²) in [4.78, 5) is 8.11. The number of nitrogens with zero attached hydrogens (tertiary/aromatic N) is 1. The summed E-state index contributed by atoms with van der Waals surface area (Å²) < 4.78 is 0. The van der Waals surface area contributed by atoms with Crippen molar-refractivity contribution in [3.63, 3.8) is 0 Å². The monoisotopic (exact) mass is 147 g/mol. The summed E-state index contributed by atoms with van der Waals surface area (Å²) in [6.45, 7) is 4.49. The molecule has 0 aliphatic rings. The zero-order chi connectivity index (χ0) is 8.24. The van der Waals surface area contributed by atoms with Gasteiger partial charge in [-0.3, -0.25) is 0 Å². The van der Waals surface area contributed by atoms with Crippen molar-refractivity contribution in [2.45, 2.75) is 46.0 Å². The summed E-state index contributed by atoms with van der Waals surface area (Å²) in [7, 11) is 0. The molecule has 0 aromatic rings. The fraction of sp³-hybridized carbons (Fsp3) is 1.00. The van der Waals surface area contributed by atoms with Crippen molar-refractivity contribution in [3.05, 3.63) is 4.91 Å². The largest absolute Gasteiger partial charge is 0.379 e. The normalized spacial score (nSPS) is 7.80. The zero-order valence-corrected chi connectivity index (χ0v) is 6.84. The number of hydrogen-bond acceptors (Lipinski definition) is 2. The molecule has 3 nitrogen and oxygen atoms in total. The highest BCUT2D eigenvalue weighted by atomic mass is 16.6. The molecule has 10 heavy (non-hydrogen) atoms. The van der Waals surface area contributed by atoms with Gasteiger partial charge in [0.15, 0.2) is 5.34 Å². The molecule has 0 saturated carbocycles. The van der Waals surface area contributed by atoms with Gasteiger partial charge in [0.25, 0.3) is 0 Å². The van der Waals surface area contributed by atoms with Crippen LogP contribution >= 0.6 is 0 Å². The lowest BCUT2D eigenvalue weighted by Gasteiger charge is -1.90. The van der Waals surface area contributed by atoms with Crippen LogP contribution in [0, 0.1) is 4.91 Å². The van der Waals surface area contributed by atoms with E-state index in [9.17, 15) is 0 Å². The highest BCUT2D eigenvalue weighted by Crippen LogP contribution is 2.00. The Bertz CT molecular complexity index is 53.6. The Kier molecular flexibility index (Phi) is 19.1. The average molecular weight is 147 g/mol. The van der Waals surface area contributed by atoms with Gasteiger partial charge in [-0.05, 0) is 0 Å². The molecule has 0 bridgehead atoms. The SMILES string of the molecule is CCCCCCC.O=NO. The molecular weight excluding hydrogens is 130 g/mol. The van der Waals surface area contributed by atoms with E-state index in [2.05, 4.69) is 13.8 Å². The van der Waals surface area contributed by atoms with Gasteiger partial charge in [-0.1, -0.05) is 46.0 Å². The van der Waals surface area contributed by atoms with Crippen LogP contribution in [0.5, 0.6) is 0 Å². The Labute approximate surface area is 62.4 Å². The molecule has 0 aliphatic carbocycles. The van der Waals surface area contributed by atoms with Gasteiger partial charge in [0.1, 0.15) is 0 Å². The number of rotatable bonds is 4. The van der Waals surface area contributed by atoms with E-state index in [-0.39, 0.29) is 0 Å².